The molecule has 1 aromatic rings. The first-order valence-electron chi connectivity index (χ1n) is 7.24. The molecule has 0 unspecified atom stereocenters. The predicted octanol–water partition coefficient (Wildman–Crippen LogP) is 1.62. The topological polar surface area (TPSA) is 64.6 Å². The molecule has 1 aliphatic carbocycles. The normalized spacial score (nSPS) is 12.9. The van der Waals surface area contributed by atoms with E-state index in [-0.39, 0.29) is 25.2 Å². The number of fused-ring (bicyclic) bond motifs is 1. The summed E-state index contributed by atoms with van der Waals surface area (Å²) in [7, 11) is 0. The van der Waals surface area contributed by atoms with Crippen molar-refractivity contribution in [3.05, 3.63) is 29.3 Å². The third-order valence-electron chi connectivity index (χ3n) is 3.24. The zero-order chi connectivity index (χ0) is 15.2. The second-order valence-electron chi connectivity index (χ2n) is 5.46. The van der Waals surface area contributed by atoms with Gasteiger partial charge in [-0.25, -0.2) is 4.79 Å². The highest BCUT2D eigenvalue weighted by molar-refractivity contribution is 5.81. The van der Waals surface area contributed by atoms with Crippen molar-refractivity contribution in [2.45, 2.75) is 39.2 Å². The van der Waals surface area contributed by atoms with Gasteiger partial charge in [0.25, 0.3) is 5.91 Å². The fourth-order valence-electron chi connectivity index (χ4n) is 2.33. The van der Waals surface area contributed by atoms with E-state index in [1.165, 1.54) is 17.5 Å². The van der Waals surface area contributed by atoms with Crippen LogP contribution >= 0.6 is 0 Å². The van der Waals surface area contributed by atoms with E-state index in [0.717, 1.165) is 12.8 Å². The largest absolute Gasteiger partial charge is 0.482 e. The molecule has 0 aliphatic heterocycles. The number of hydrogen-bond acceptors (Lipinski definition) is 4. The smallest absolute Gasteiger partial charge is 0.344 e. The van der Waals surface area contributed by atoms with Crippen molar-refractivity contribution in [2.24, 2.45) is 0 Å². The molecule has 0 saturated heterocycles. The molecule has 0 radical (unpaired) electrons. The fourth-order valence-corrected chi connectivity index (χ4v) is 2.33. The highest BCUT2D eigenvalue weighted by atomic mass is 16.6. The van der Waals surface area contributed by atoms with Crippen molar-refractivity contribution in [3.8, 4) is 5.75 Å². The third-order valence-corrected chi connectivity index (χ3v) is 3.24. The Bertz CT molecular complexity index is 525. The van der Waals surface area contributed by atoms with Gasteiger partial charge in [0.2, 0.25) is 0 Å². The molecule has 0 aromatic heterocycles. The van der Waals surface area contributed by atoms with Crippen LogP contribution in [0, 0.1) is 0 Å². The maximum Gasteiger partial charge on any atom is 0.344 e. The van der Waals surface area contributed by atoms with E-state index in [2.05, 4.69) is 5.32 Å². The Labute approximate surface area is 124 Å². The molecule has 5 nitrogen and oxygen atoms in total. The standard InChI is InChI=1S/C16H21NO4/c1-11(2)17-15(18)9-21-16(19)10-20-14-7-6-12-4-3-5-13(12)8-14/h6-8,11H,3-5,9-10H2,1-2H3,(H,17,18). The zero-order valence-electron chi connectivity index (χ0n) is 12.5. The molecular weight excluding hydrogens is 270 g/mol. The summed E-state index contributed by atoms with van der Waals surface area (Å²) in [4.78, 5) is 22.8. The maximum atomic E-state index is 11.5. The summed E-state index contributed by atoms with van der Waals surface area (Å²) in [5, 5.41) is 2.64. The molecule has 0 fully saturated rings. The number of carbonyl (C=O) groups is 2. The summed E-state index contributed by atoms with van der Waals surface area (Å²) >= 11 is 0. The molecular formula is C16H21NO4. The molecule has 0 spiro atoms. The van der Waals surface area contributed by atoms with Crippen molar-refractivity contribution in [1.29, 1.82) is 0 Å². The zero-order valence-corrected chi connectivity index (χ0v) is 12.5. The van der Waals surface area contributed by atoms with Crippen LogP contribution < -0.4 is 10.1 Å². The minimum Gasteiger partial charge on any atom is -0.482 e. The van der Waals surface area contributed by atoms with Crippen molar-refractivity contribution < 1.29 is 19.1 Å². The highest BCUT2D eigenvalue weighted by Gasteiger charge is 2.13. The lowest BCUT2D eigenvalue weighted by atomic mass is 10.1. The van der Waals surface area contributed by atoms with Gasteiger partial charge in [-0.15, -0.1) is 0 Å². The first kappa shape index (κ1) is 15.4. The number of amides is 1. The van der Waals surface area contributed by atoms with Gasteiger partial charge < -0.3 is 14.8 Å². The van der Waals surface area contributed by atoms with Crippen LogP contribution in [-0.2, 0) is 27.2 Å². The Morgan fingerprint density at radius 1 is 1.19 bits per heavy atom. The van der Waals surface area contributed by atoms with Gasteiger partial charge in [-0.1, -0.05) is 6.07 Å². The Morgan fingerprint density at radius 2 is 1.95 bits per heavy atom. The molecule has 1 aromatic carbocycles. The lowest BCUT2D eigenvalue weighted by Crippen LogP contribution is -2.34. The van der Waals surface area contributed by atoms with Gasteiger partial charge in [0.15, 0.2) is 13.2 Å². The van der Waals surface area contributed by atoms with Crippen molar-refractivity contribution >= 4 is 11.9 Å². The summed E-state index contributed by atoms with van der Waals surface area (Å²) in [5.74, 6) is -0.190. The number of nitrogens with one attached hydrogen (secondary N) is 1. The van der Waals surface area contributed by atoms with E-state index in [9.17, 15) is 9.59 Å². The lowest BCUT2D eigenvalue weighted by molar-refractivity contribution is -0.150. The highest BCUT2D eigenvalue weighted by Crippen LogP contribution is 2.25. The number of esters is 1. The number of hydrogen-bond donors (Lipinski definition) is 1. The molecule has 1 amide bonds. The molecule has 1 aliphatic rings. The first-order chi connectivity index (χ1) is 10.0. The maximum absolute atomic E-state index is 11.5. The van der Waals surface area contributed by atoms with Gasteiger partial charge >= 0.3 is 5.97 Å². The number of rotatable bonds is 6. The molecule has 21 heavy (non-hydrogen) atoms. The van der Waals surface area contributed by atoms with Crippen LogP contribution in [0.3, 0.4) is 0 Å². The summed E-state index contributed by atoms with van der Waals surface area (Å²) < 4.78 is 10.2. The van der Waals surface area contributed by atoms with Crippen LogP contribution in [0.15, 0.2) is 18.2 Å². The van der Waals surface area contributed by atoms with Crippen LogP contribution in [0.5, 0.6) is 5.75 Å². The summed E-state index contributed by atoms with van der Waals surface area (Å²) in [6.07, 6.45) is 3.35. The van der Waals surface area contributed by atoms with E-state index in [1.807, 2.05) is 32.0 Å². The molecule has 5 heteroatoms. The van der Waals surface area contributed by atoms with Gasteiger partial charge in [-0.2, -0.15) is 0 Å². The van der Waals surface area contributed by atoms with Gasteiger partial charge in [0, 0.05) is 6.04 Å². The van der Waals surface area contributed by atoms with E-state index >= 15 is 0 Å². The average molecular weight is 291 g/mol. The Hall–Kier alpha value is -2.04. The Kier molecular flexibility index (Phi) is 5.20. The second-order valence-corrected chi connectivity index (χ2v) is 5.46. The summed E-state index contributed by atoms with van der Waals surface area (Å²) in [6, 6.07) is 5.90. The van der Waals surface area contributed by atoms with E-state index in [0.29, 0.717) is 5.75 Å². The van der Waals surface area contributed by atoms with Gasteiger partial charge in [0.05, 0.1) is 0 Å². The van der Waals surface area contributed by atoms with E-state index < -0.39 is 5.97 Å². The summed E-state index contributed by atoms with van der Waals surface area (Å²) in [5.41, 5.74) is 2.65. The van der Waals surface area contributed by atoms with E-state index in [1.54, 1.807) is 0 Å². The average Bonchev–Trinajstić information content (AvgIpc) is 2.89. The van der Waals surface area contributed by atoms with Gasteiger partial charge in [0.1, 0.15) is 5.75 Å². The molecule has 0 saturated carbocycles. The minimum atomic E-state index is -0.547. The van der Waals surface area contributed by atoms with Crippen molar-refractivity contribution in [3.63, 3.8) is 0 Å². The van der Waals surface area contributed by atoms with Crippen molar-refractivity contribution in [1.82, 2.24) is 5.32 Å². The monoisotopic (exact) mass is 291 g/mol. The van der Waals surface area contributed by atoms with Gasteiger partial charge in [-0.05, 0) is 56.4 Å². The van der Waals surface area contributed by atoms with Crippen LogP contribution in [0.2, 0.25) is 0 Å². The SMILES string of the molecule is CC(C)NC(=O)COC(=O)COc1ccc2c(c1)CCC2. The molecule has 0 heterocycles. The number of ether oxygens (including phenoxy) is 2. The molecule has 1 N–H and O–H groups in total. The third kappa shape index (κ3) is 4.77. The second kappa shape index (κ2) is 7.11. The predicted molar refractivity (Wildman–Crippen MR) is 78.2 cm³/mol. The fraction of sp³-hybridized carbons (Fsp3) is 0.500. The van der Waals surface area contributed by atoms with Crippen LogP contribution in [0.4, 0.5) is 0 Å². The van der Waals surface area contributed by atoms with Crippen LogP contribution in [-0.4, -0.2) is 31.1 Å². The molecule has 2 rings (SSSR count). The Balaban J connectivity index is 1.73. The minimum absolute atomic E-state index is 0.0267. The number of aryl methyl sites for hydroxylation is 2. The molecule has 114 valence electrons. The van der Waals surface area contributed by atoms with Gasteiger partial charge in [-0.3, -0.25) is 4.79 Å². The number of benzene rings is 1. The number of carbonyl (C=O) groups excluding carboxylic acids is 2. The van der Waals surface area contributed by atoms with Crippen LogP contribution in [0.25, 0.3) is 0 Å². The first-order valence-corrected chi connectivity index (χ1v) is 7.24. The molecule has 0 atom stereocenters. The molecule has 0 bridgehead atoms. The quantitative estimate of drug-likeness (QED) is 0.809. The van der Waals surface area contributed by atoms with Crippen LogP contribution in [0.1, 0.15) is 31.4 Å². The summed E-state index contributed by atoms with van der Waals surface area (Å²) in [6.45, 7) is 3.23. The Morgan fingerprint density at radius 3 is 2.71 bits per heavy atom. The lowest BCUT2D eigenvalue weighted by Gasteiger charge is -2.10. The van der Waals surface area contributed by atoms with E-state index in [4.69, 9.17) is 9.47 Å². The van der Waals surface area contributed by atoms with Crippen molar-refractivity contribution in [2.75, 3.05) is 13.2 Å².